The number of fused-ring (bicyclic) bond motifs is 2. The molecule has 1 amide bonds. The number of aliphatic carboxylic acids is 1. The number of allylic oxidation sites excluding steroid dienone is 1. The summed E-state index contributed by atoms with van der Waals surface area (Å²) in [5.41, 5.74) is 2.58. The fourth-order valence-corrected chi connectivity index (χ4v) is 3.75. The van der Waals surface area contributed by atoms with Crippen LogP contribution in [0.2, 0.25) is 0 Å². The number of nitrogens with one attached hydrogen (secondary N) is 1. The molecule has 2 N–H and O–H groups in total. The number of carboxylic acids is 1. The number of hydrogen-bond acceptors (Lipinski definition) is 2. The van der Waals surface area contributed by atoms with Crippen molar-refractivity contribution in [2.45, 2.75) is 43.6 Å². The molecule has 3 atom stereocenters. The Labute approximate surface area is 130 Å². The Balaban J connectivity index is 1.68. The third kappa shape index (κ3) is 2.43. The van der Waals surface area contributed by atoms with E-state index >= 15 is 0 Å². The van der Waals surface area contributed by atoms with Crippen LogP contribution in [0, 0.1) is 5.92 Å². The molecule has 0 aromatic heterocycles. The fourth-order valence-electron chi connectivity index (χ4n) is 3.75. The second-order valence-electron chi connectivity index (χ2n) is 6.34. The highest BCUT2D eigenvalue weighted by molar-refractivity contribution is 5.89. The molecule has 1 fully saturated rings. The molecule has 116 valence electrons. The van der Waals surface area contributed by atoms with Crippen LogP contribution < -0.4 is 5.32 Å². The van der Waals surface area contributed by atoms with Crippen LogP contribution in [0.4, 0.5) is 0 Å². The number of rotatable bonds is 6. The molecule has 4 nitrogen and oxygen atoms in total. The molecule has 2 aliphatic carbocycles. The first-order valence-corrected chi connectivity index (χ1v) is 7.81. The molecule has 1 aromatic carbocycles. The number of carboxylic acid groups (broad SMARTS) is 1. The monoisotopic (exact) mass is 299 g/mol. The summed E-state index contributed by atoms with van der Waals surface area (Å²) in [7, 11) is 0. The molecule has 22 heavy (non-hydrogen) atoms. The Hall–Kier alpha value is -2.10. The molecule has 0 radical (unpaired) electrons. The maximum Gasteiger partial charge on any atom is 0.326 e. The molecule has 0 bridgehead atoms. The van der Waals surface area contributed by atoms with Crippen molar-refractivity contribution in [3.05, 3.63) is 48.0 Å². The summed E-state index contributed by atoms with van der Waals surface area (Å²) in [5.74, 6) is -1.17. The second kappa shape index (κ2) is 5.59. The minimum absolute atomic E-state index is 0.0395. The molecule has 1 saturated carbocycles. The molecule has 3 unspecified atom stereocenters. The third-order valence-corrected chi connectivity index (χ3v) is 5.06. The first-order chi connectivity index (χ1) is 10.6. The van der Waals surface area contributed by atoms with Crippen LogP contribution in [-0.2, 0) is 21.4 Å². The normalized spacial score (nSPS) is 26.3. The summed E-state index contributed by atoms with van der Waals surface area (Å²) >= 11 is 0. The molecule has 1 spiro atoms. The molecule has 4 heteroatoms. The lowest BCUT2D eigenvalue weighted by molar-refractivity contribution is -0.142. The maximum atomic E-state index is 12.5. The Morgan fingerprint density at radius 1 is 1.45 bits per heavy atom. The van der Waals surface area contributed by atoms with Crippen molar-refractivity contribution in [3.63, 3.8) is 0 Å². The van der Waals surface area contributed by atoms with Crippen molar-refractivity contribution < 1.29 is 14.7 Å². The zero-order chi connectivity index (χ0) is 15.7. The number of hydrogen-bond donors (Lipinski definition) is 2. The van der Waals surface area contributed by atoms with E-state index in [1.54, 1.807) is 6.08 Å². The van der Waals surface area contributed by atoms with Crippen LogP contribution in [0.3, 0.4) is 0 Å². The summed E-state index contributed by atoms with van der Waals surface area (Å²) in [4.78, 5) is 23.7. The highest BCUT2D eigenvalue weighted by Crippen LogP contribution is 2.61. The van der Waals surface area contributed by atoms with E-state index in [0.717, 1.165) is 19.3 Å². The van der Waals surface area contributed by atoms with E-state index in [2.05, 4.69) is 24.0 Å². The summed E-state index contributed by atoms with van der Waals surface area (Å²) < 4.78 is 0. The zero-order valence-electron chi connectivity index (χ0n) is 12.5. The van der Waals surface area contributed by atoms with Gasteiger partial charge in [-0.3, -0.25) is 4.79 Å². The van der Waals surface area contributed by atoms with Gasteiger partial charge < -0.3 is 10.4 Å². The van der Waals surface area contributed by atoms with E-state index in [1.807, 2.05) is 12.1 Å². The first kappa shape index (κ1) is 14.8. The number of aryl methyl sites for hydroxylation is 1. The number of carbonyl (C=O) groups is 2. The molecule has 1 aromatic rings. The second-order valence-corrected chi connectivity index (χ2v) is 6.34. The zero-order valence-corrected chi connectivity index (χ0v) is 12.5. The molecule has 0 saturated heterocycles. The highest BCUT2D eigenvalue weighted by atomic mass is 16.4. The van der Waals surface area contributed by atoms with Gasteiger partial charge in [-0.15, -0.1) is 6.58 Å². The van der Waals surface area contributed by atoms with Gasteiger partial charge in [0.05, 0.1) is 0 Å². The van der Waals surface area contributed by atoms with Crippen molar-refractivity contribution in [1.29, 1.82) is 0 Å². The quantitative estimate of drug-likeness (QED) is 0.793. The van der Waals surface area contributed by atoms with E-state index in [4.69, 9.17) is 0 Å². The van der Waals surface area contributed by atoms with Gasteiger partial charge in [-0.2, -0.15) is 0 Å². The van der Waals surface area contributed by atoms with Gasteiger partial charge in [0.25, 0.3) is 0 Å². The van der Waals surface area contributed by atoms with E-state index in [9.17, 15) is 14.7 Å². The lowest BCUT2D eigenvalue weighted by Crippen LogP contribution is -2.42. The van der Waals surface area contributed by atoms with Gasteiger partial charge in [0, 0.05) is 11.3 Å². The van der Waals surface area contributed by atoms with Gasteiger partial charge in [0.1, 0.15) is 6.04 Å². The minimum atomic E-state index is -0.975. The van der Waals surface area contributed by atoms with Gasteiger partial charge in [0.2, 0.25) is 5.91 Å². The van der Waals surface area contributed by atoms with Crippen molar-refractivity contribution >= 4 is 11.9 Å². The average Bonchev–Trinajstić information content (AvgIpc) is 3.13. The summed E-state index contributed by atoms with van der Waals surface area (Å²) in [6.07, 6.45) is 5.49. The van der Waals surface area contributed by atoms with Gasteiger partial charge in [-0.25, -0.2) is 4.79 Å². The predicted molar refractivity (Wildman–Crippen MR) is 83.5 cm³/mol. The standard InChI is InChI=1S/C18H21NO3/c1-2-3-8-15(17(21)22)19-16(20)14-11-18(14)10-9-12-6-4-5-7-13(12)18/h2,4-7,14-15H,1,3,8-11H2,(H,19,20)(H,21,22). The van der Waals surface area contributed by atoms with Crippen molar-refractivity contribution in [2.75, 3.05) is 0 Å². The highest BCUT2D eigenvalue weighted by Gasteiger charge is 2.61. The molecular weight excluding hydrogens is 278 g/mol. The third-order valence-electron chi connectivity index (χ3n) is 5.06. The van der Waals surface area contributed by atoms with Gasteiger partial charge in [-0.1, -0.05) is 30.3 Å². The number of benzene rings is 1. The summed E-state index contributed by atoms with van der Waals surface area (Å²) in [5, 5.41) is 11.9. The topological polar surface area (TPSA) is 66.4 Å². The molecule has 3 rings (SSSR count). The number of amides is 1. The van der Waals surface area contributed by atoms with Gasteiger partial charge in [-0.05, 0) is 43.2 Å². The minimum Gasteiger partial charge on any atom is -0.480 e. The fraction of sp³-hybridized carbons (Fsp3) is 0.444. The maximum absolute atomic E-state index is 12.5. The Morgan fingerprint density at radius 3 is 2.95 bits per heavy atom. The van der Waals surface area contributed by atoms with E-state index in [-0.39, 0.29) is 17.2 Å². The van der Waals surface area contributed by atoms with Crippen molar-refractivity contribution in [2.24, 2.45) is 5.92 Å². The first-order valence-electron chi connectivity index (χ1n) is 7.81. The summed E-state index contributed by atoms with van der Waals surface area (Å²) in [6, 6.07) is 7.47. The van der Waals surface area contributed by atoms with Crippen LogP contribution >= 0.6 is 0 Å². The SMILES string of the molecule is C=CCCC(NC(=O)C1CC12CCc1ccccc12)C(=O)O. The Morgan fingerprint density at radius 2 is 2.23 bits per heavy atom. The van der Waals surface area contributed by atoms with E-state index < -0.39 is 12.0 Å². The van der Waals surface area contributed by atoms with E-state index in [1.165, 1.54) is 11.1 Å². The smallest absolute Gasteiger partial charge is 0.326 e. The molecule has 2 aliphatic rings. The van der Waals surface area contributed by atoms with Crippen molar-refractivity contribution in [3.8, 4) is 0 Å². The van der Waals surface area contributed by atoms with Gasteiger partial charge in [0.15, 0.2) is 0 Å². The van der Waals surface area contributed by atoms with Gasteiger partial charge >= 0.3 is 5.97 Å². The van der Waals surface area contributed by atoms with Crippen LogP contribution in [0.15, 0.2) is 36.9 Å². The Bertz CT molecular complexity index is 625. The predicted octanol–water partition coefficient (Wildman–Crippen LogP) is 2.43. The largest absolute Gasteiger partial charge is 0.480 e. The molecule has 0 aliphatic heterocycles. The van der Waals surface area contributed by atoms with Crippen molar-refractivity contribution in [1.82, 2.24) is 5.32 Å². The average molecular weight is 299 g/mol. The van der Waals surface area contributed by atoms with Crippen LogP contribution in [-0.4, -0.2) is 23.0 Å². The molecular formula is C18H21NO3. The molecule has 0 heterocycles. The van der Waals surface area contributed by atoms with Crippen LogP contribution in [0.25, 0.3) is 0 Å². The van der Waals surface area contributed by atoms with E-state index in [0.29, 0.717) is 12.8 Å². The number of carbonyl (C=O) groups excluding carboxylic acids is 1. The lowest BCUT2D eigenvalue weighted by Gasteiger charge is -2.16. The summed E-state index contributed by atoms with van der Waals surface area (Å²) in [6.45, 7) is 3.60. The van der Waals surface area contributed by atoms with Crippen LogP contribution in [0.1, 0.15) is 36.8 Å². The van der Waals surface area contributed by atoms with Crippen LogP contribution in [0.5, 0.6) is 0 Å². The Kier molecular flexibility index (Phi) is 3.77. The lowest BCUT2D eigenvalue weighted by atomic mass is 9.95.